The number of para-hydroxylation sites is 1. The Bertz CT molecular complexity index is 1060. The van der Waals surface area contributed by atoms with Crippen LogP contribution < -0.4 is 5.32 Å². The number of nitrogens with zero attached hydrogens (tertiary/aromatic N) is 2. The monoisotopic (exact) mass is 411 g/mol. The van der Waals surface area contributed by atoms with Crippen LogP contribution in [0.1, 0.15) is 34.1 Å². The molecule has 0 bridgehead atoms. The third kappa shape index (κ3) is 4.49. The van der Waals surface area contributed by atoms with Crippen LogP contribution in [0.25, 0.3) is 5.69 Å². The summed E-state index contributed by atoms with van der Waals surface area (Å²) in [4.78, 5) is 25.1. The Labute approximate surface area is 174 Å². The van der Waals surface area contributed by atoms with Crippen molar-refractivity contribution in [3.05, 3.63) is 76.1 Å². The average Bonchev–Trinajstić information content (AvgIpc) is 2.98. The number of hydrogen-bond donors (Lipinski definition) is 1. The zero-order chi connectivity index (χ0) is 21.1. The standard InChI is InChI=1S/C22H22ClN3O3/c1-13-10-11-18(14(2)12-13)24-21(27)16(4)29-22(28)19-15(3)25-26(20(19)23)17-8-6-5-7-9-17/h5-12,16H,1-4H3,(H,24,27)/t16-/m1/s1. The van der Waals surface area contributed by atoms with Crippen molar-refractivity contribution in [1.29, 1.82) is 0 Å². The topological polar surface area (TPSA) is 73.2 Å². The smallest absolute Gasteiger partial charge is 0.344 e. The molecule has 0 aliphatic heterocycles. The van der Waals surface area contributed by atoms with Gasteiger partial charge in [0.2, 0.25) is 0 Å². The third-order valence-corrected chi connectivity index (χ3v) is 4.85. The molecular weight excluding hydrogens is 390 g/mol. The summed E-state index contributed by atoms with van der Waals surface area (Å²) in [5.74, 6) is -1.12. The molecule has 150 valence electrons. The first-order valence-corrected chi connectivity index (χ1v) is 9.55. The second-order valence-corrected chi connectivity index (χ2v) is 7.21. The third-order valence-electron chi connectivity index (χ3n) is 4.50. The molecule has 0 aliphatic rings. The summed E-state index contributed by atoms with van der Waals surface area (Å²) in [5.41, 5.74) is 3.99. The summed E-state index contributed by atoms with van der Waals surface area (Å²) in [6.07, 6.45) is -1.00. The zero-order valence-electron chi connectivity index (χ0n) is 16.7. The predicted octanol–water partition coefficient (Wildman–Crippen LogP) is 4.63. The fraction of sp³-hybridized carbons (Fsp3) is 0.227. The van der Waals surface area contributed by atoms with Gasteiger partial charge in [0.05, 0.1) is 11.4 Å². The lowest BCUT2D eigenvalue weighted by molar-refractivity contribution is -0.123. The molecule has 3 rings (SSSR count). The molecule has 3 aromatic rings. The van der Waals surface area contributed by atoms with Crippen molar-refractivity contribution in [2.45, 2.75) is 33.8 Å². The molecule has 0 spiro atoms. The first-order chi connectivity index (χ1) is 13.8. The summed E-state index contributed by atoms with van der Waals surface area (Å²) in [6, 6.07) is 14.9. The number of aromatic nitrogens is 2. The fourth-order valence-corrected chi connectivity index (χ4v) is 3.28. The van der Waals surface area contributed by atoms with Crippen LogP contribution in [0.5, 0.6) is 0 Å². The van der Waals surface area contributed by atoms with Crippen LogP contribution in [-0.4, -0.2) is 27.8 Å². The van der Waals surface area contributed by atoms with Crippen LogP contribution in [0, 0.1) is 20.8 Å². The molecule has 0 fully saturated rings. The summed E-state index contributed by atoms with van der Waals surface area (Å²) in [6.45, 7) is 7.06. The fourth-order valence-electron chi connectivity index (χ4n) is 2.93. The molecule has 7 heteroatoms. The van der Waals surface area contributed by atoms with Gasteiger partial charge in [-0.2, -0.15) is 5.10 Å². The molecule has 6 nitrogen and oxygen atoms in total. The Morgan fingerprint density at radius 2 is 1.79 bits per heavy atom. The summed E-state index contributed by atoms with van der Waals surface area (Å²) in [7, 11) is 0. The van der Waals surface area contributed by atoms with Crippen LogP contribution in [0.2, 0.25) is 5.15 Å². The Morgan fingerprint density at radius 3 is 2.45 bits per heavy atom. The first kappa shape index (κ1) is 20.6. The second-order valence-electron chi connectivity index (χ2n) is 6.85. The van der Waals surface area contributed by atoms with Crippen LogP contribution in [0.15, 0.2) is 48.5 Å². The van der Waals surface area contributed by atoms with Gasteiger partial charge in [0.1, 0.15) is 10.7 Å². The van der Waals surface area contributed by atoms with E-state index in [-0.39, 0.29) is 10.7 Å². The number of amides is 1. The van der Waals surface area contributed by atoms with E-state index in [1.54, 1.807) is 6.92 Å². The molecule has 1 N–H and O–H groups in total. The highest BCUT2D eigenvalue weighted by molar-refractivity contribution is 6.33. The summed E-state index contributed by atoms with van der Waals surface area (Å²) >= 11 is 6.39. The predicted molar refractivity (Wildman–Crippen MR) is 113 cm³/mol. The van der Waals surface area contributed by atoms with Gasteiger partial charge in [-0.05, 0) is 51.5 Å². The number of ether oxygens (including phenoxy) is 1. The van der Waals surface area contributed by atoms with Crippen molar-refractivity contribution >= 4 is 29.2 Å². The number of rotatable bonds is 5. The number of anilines is 1. The van der Waals surface area contributed by atoms with E-state index in [4.69, 9.17) is 16.3 Å². The van der Waals surface area contributed by atoms with Crippen molar-refractivity contribution in [2.24, 2.45) is 0 Å². The molecule has 0 aliphatic carbocycles. The average molecular weight is 412 g/mol. The van der Waals surface area contributed by atoms with E-state index < -0.39 is 18.0 Å². The van der Waals surface area contributed by atoms with Crippen LogP contribution in [0.3, 0.4) is 0 Å². The lowest BCUT2D eigenvalue weighted by Gasteiger charge is -2.15. The Kier molecular flexibility index (Phi) is 6.03. The van der Waals surface area contributed by atoms with E-state index in [0.717, 1.165) is 16.8 Å². The van der Waals surface area contributed by atoms with Crippen molar-refractivity contribution < 1.29 is 14.3 Å². The number of halogens is 1. The van der Waals surface area contributed by atoms with Gasteiger partial charge in [-0.1, -0.05) is 47.5 Å². The van der Waals surface area contributed by atoms with Gasteiger partial charge in [-0.25, -0.2) is 9.48 Å². The van der Waals surface area contributed by atoms with Crippen LogP contribution >= 0.6 is 11.6 Å². The maximum atomic E-state index is 12.7. The molecule has 2 aromatic carbocycles. The largest absolute Gasteiger partial charge is 0.449 e. The molecular formula is C22H22ClN3O3. The zero-order valence-corrected chi connectivity index (χ0v) is 17.4. The quantitative estimate of drug-likeness (QED) is 0.621. The number of benzene rings is 2. The number of hydrogen-bond acceptors (Lipinski definition) is 4. The molecule has 1 amide bonds. The second kappa shape index (κ2) is 8.49. The number of carbonyl (C=O) groups excluding carboxylic acids is 2. The highest BCUT2D eigenvalue weighted by Gasteiger charge is 2.26. The van der Waals surface area contributed by atoms with Crippen molar-refractivity contribution in [2.75, 3.05) is 5.32 Å². The first-order valence-electron chi connectivity index (χ1n) is 9.17. The summed E-state index contributed by atoms with van der Waals surface area (Å²) in [5, 5.41) is 7.25. The Morgan fingerprint density at radius 1 is 1.10 bits per heavy atom. The van der Waals surface area contributed by atoms with Gasteiger partial charge < -0.3 is 10.1 Å². The van der Waals surface area contributed by atoms with E-state index >= 15 is 0 Å². The van der Waals surface area contributed by atoms with Crippen molar-refractivity contribution in [3.8, 4) is 5.69 Å². The van der Waals surface area contributed by atoms with Gasteiger partial charge in [0, 0.05) is 5.69 Å². The number of aryl methyl sites for hydroxylation is 3. The highest BCUT2D eigenvalue weighted by atomic mass is 35.5. The van der Waals surface area contributed by atoms with E-state index in [2.05, 4.69) is 10.4 Å². The van der Waals surface area contributed by atoms with Gasteiger partial charge in [-0.3, -0.25) is 4.79 Å². The highest BCUT2D eigenvalue weighted by Crippen LogP contribution is 2.25. The summed E-state index contributed by atoms with van der Waals surface area (Å²) < 4.78 is 6.82. The minimum atomic E-state index is -1.00. The molecule has 0 saturated heterocycles. The van der Waals surface area contributed by atoms with Crippen molar-refractivity contribution in [1.82, 2.24) is 9.78 Å². The van der Waals surface area contributed by atoms with Crippen LogP contribution in [0.4, 0.5) is 5.69 Å². The van der Waals surface area contributed by atoms with E-state index in [1.165, 1.54) is 11.6 Å². The number of nitrogens with one attached hydrogen (secondary N) is 1. The minimum Gasteiger partial charge on any atom is -0.449 e. The Balaban J connectivity index is 1.74. The molecule has 1 aromatic heterocycles. The lowest BCUT2D eigenvalue weighted by atomic mass is 10.1. The molecule has 0 unspecified atom stereocenters. The van der Waals surface area contributed by atoms with Crippen molar-refractivity contribution in [3.63, 3.8) is 0 Å². The normalized spacial score (nSPS) is 11.8. The van der Waals surface area contributed by atoms with Crippen LogP contribution in [-0.2, 0) is 9.53 Å². The molecule has 1 heterocycles. The number of carbonyl (C=O) groups is 2. The SMILES string of the molecule is Cc1ccc(NC(=O)[C@@H](C)OC(=O)c2c(C)nn(-c3ccccc3)c2Cl)c(C)c1. The van der Waals surface area contributed by atoms with Gasteiger partial charge >= 0.3 is 5.97 Å². The molecule has 29 heavy (non-hydrogen) atoms. The molecule has 0 radical (unpaired) electrons. The Hall–Kier alpha value is -3.12. The van der Waals surface area contributed by atoms with E-state index in [0.29, 0.717) is 11.4 Å². The molecule has 1 atom stereocenters. The maximum Gasteiger partial charge on any atom is 0.344 e. The maximum absolute atomic E-state index is 12.7. The van der Waals surface area contributed by atoms with Gasteiger partial charge in [-0.15, -0.1) is 0 Å². The number of esters is 1. The van der Waals surface area contributed by atoms with E-state index in [1.807, 2.05) is 62.4 Å². The van der Waals surface area contributed by atoms with Gasteiger partial charge in [0.15, 0.2) is 6.10 Å². The van der Waals surface area contributed by atoms with E-state index in [9.17, 15) is 9.59 Å². The minimum absolute atomic E-state index is 0.140. The molecule has 0 saturated carbocycles. The van der Waals surface area contributed by atoms with Gasteiger partial charge in [0.25, 0.3) is 5.91 Å². The lowest BCUT2D eigenvalue weighted by Crippen LogP contribution is -2.30.